The lowest BCUT2D eigenvalue weighted by atomic mass is 9.68. The van der Waals surface area contributed by atoms with E-state index in [0.717, 1.165) is 26.2 Å². The molecule has 2 unspecified atom stereocenters. The second-order valence-corrected chi connectivity index (χ2v) is 4.00. The van der Waals surface area contributed by atoms with Crippen molar-refractivity contribution in [1.82, 2.24) is 4.90 Å². The van der Waals surface area contributed by atoms with Crippen LogP contribution in [0.4, 0.5) is 0 Å². The summed E-state index contributed by atoms with van der Waals surface area (Å²) in [4.78, 5) is 2.40. The average Bonchev–Trinajstić information content (AvgIpc) is 2.14. The van der Waals surface area contributed by atoms with Gasteiger partial charge in [0.25, 0.3) is 0 Å². The second kappa shape index (κ2) is 3.32. The number of nitrogens with zero attached hydrogens (tertiary/aromatic N) is 1. The third-order valence-corrected chi connectivity index (χ3v) is 3.17. The highest BCUT2D eigenvalue weighted by molar-refractivity contribution is 4.96. The molecule has 3 rings (SSSR count). The van der Waals surface area contributed by atoms with Crippen LogP contribution in [0.1, 0.15) is 6.42 Å². The molecule has 1 aliphatic carbocycles. The maximum Gasteiger partial charge on any atom is 0.0621 e. The summed E-state index contributed by atoms with van der Waals surface area (Å²) in [5.41, 5.74) is 0. The number of aliphatic hydroxyl groups excluding tert-OH is 1. The second-order valence-electron chi connectivity index (χ2n) is 4.00. The van der Waals surface area contributed by atoms with Crippen LogP contribution in [0.3, 0.4) is 0 Å². The van der Waals surface area contributed by atoms with Gasteiger partial charge in [0.15, 0.2) is 0 Å². The minimum absolute atomic E-state index is 0.00351. The van der Waals surface area contributed by atoms with Crippen molar-refractivity contribution in [2.45, 2.75) is 12.5 Å². The van der Waals surface area contributed by atoms with Crippen molar-refractivity contribution >= 4 is 0 Å². The minimum atomic E-state index is 0.00351. The van der Waals surface area contributed by atoms with Gasteiger partial charge in [0, 0.05) is 26.7 Å². The van der Waals surface area contributed by atoms with E-state index >= 15 is 0 Å². The summed E-state index contributed by atoms with van der Waals surface area (Å²) in [7, 11) is 1.74. The largest absolute Gasteiger partial charge is 0.392 e. The van der Waals surface area contributed by atoms with E-state index in [1.165, 1.54) is 6.42 Å². The third kappa shape index (κ3) is 1.37. The molecular formula is C9H17NO2. The summed E-state index contributed by atoms with van der Waals surface area (Å²) in [6, 6.07) is 0. The zero-order chi connectivity index (χ0) is 8.55. The molecule has 1 N–H and O–H groups in total. The van der Waals surface area contributed by atoms with E-state index in [1.54, 1.807) is 7.11 Å². The summed E-state index contributed by atoms with van der Waals surface area (Å²) >= 11 is 0. The van der Waals surface area contributed by atoms with Crippen LogP contribution in [0.25, 0.3) is 0 Å². The molecule has 3 fully saturated rings. The molecule has 3 nitrogen and oxygen atoms in total. The third-order valence-electron chi connectivity index (χ3n) is 3.17. The fourth-order valence-electron chi connectivity index (χ4n) is 2.36. The molecule has 0 amide bonds. The van der Waals surface area contributed by atoms with Crippen molar-refractivity contribution < 1.29 is 9.84 Å². The zero-order valence-corrected chi connectivity index (χ0v) is 7.57. The van der Waals surface area contributed by atoms with Crippen molar-refractivity contribution in [3.8, 4) is 0 Å². The first kappa shape index (κ1) is 8.48. The predicted octanol–water partition coefficient (Wildman–Crippen LogP) is -0.0546. The number of hydrogen-bond donors (Lipinski definition) is 1. The van der Waals surface area contributed by atoms with Crippen LogP contribution < -0.4 is 0 Å². The molecule has 0 radical (unpaired) electrons. The molecule has 2 bridgehead atoms. The van der Waals surface area contributed by atoms with Crippen LogP contribution in [-0.2, 0) is 4.74 Å². The van der Waals surface area contributed by atoms with Gasteiger partial charge in [-0.2, -0.15) is 0 Å². The van der Waals surface area contributed by atoms with Gasteiger partial charge >= 0.3 is 0 Å². The predicted molar refractivity (Wildman–Crippen MR) is 45.9 cm³/mol. The molecule has 0 spiro atoms. The molecule has 1 saturated carbocycles. The number of hydrogen-bond acceptors (Lipinski definition) is 3. The molecule has 0 aromatic heterocycles. The van der Waals surface area contributed by atoms with E-state index in [1.807, 2.05) is 0 Å². The Bertz CT molecular complexity index is 151. The molecule has 2 atom stereocenters. The number of rotatable bonds is 3. The topological polar surface area (TPSA) is 32.7 Å². The summed E-state index contributed by atoms with van der Waals surface area (Å²) < 4.78 is 5.02. The number of piperidine rings is 2. The quantitative estimate of drug-likeness (QED) is 0.646. The van der Waals surface area contributed by atoms with Gasteiger partial charge < -0.3 is 14.7 Å². The van der Waals surface area contributed by atoms with Crippen LogP contribution in [0, 0.1) is 11.8 Å². The number of fused-ring (bicyclic) bond motifs is 2. The average molecular weight is 171 g/mol. The highest BCUT2D eigenvalue weighted by Gasteiger charge is 2.45. The maximum atomic E-state index is 9.51. The first-order valence-electron chi connectivity index (χ1n) is 4.70. The molecule has 2 heterocycles. The smallest absolute Gasteiger partial charge is 0.0621 e. The summed E-state index contributed by atoms with van der Waals surface area (Å²) in [6.07, 6.45) is 1.24. The molecule has 3 aliphatic rings. The zero-order valence-electron chi connectivity index (χ0n) is 7.57. The van der Waals surface area contributed by atoms with Crippen LogP contribution in [0.15, 0.2) is 0 Å². The van der Waals surface area contributed by atoms with Crippen molar-refractivity contribution in [2.75, 3.05) is 33.4 Å². The summed E-state index contributed by atoms with van der Waals surface area (Å²) in [5.74, 6) is 1.11. The fourth-order valence-corrected chi connectivity index (χ4v) is 2.36. The fraction of sp³-hybridized carbons (Fsp3) is 1.00. The van der Waals surface area contributed by atoms with Crippen LogP contribution >= 0.6 is 0 Å². The van der Waals surface area contributed by atoms with Crippen molar-refractivity contribution in [2.24, 2.45) is 11.8 Å². The van der Waals surface area contributed by atoms with Gasteiger partial charge in [0.2, 0.25) is 0 Å². The first-order chi connectivity index (χ1) is 5.81. The lowest BCUT2D eigenvalue weighted by Crippen LogP contribution is -2.58. The van der Waals surface area contributed by atoms with Crippen LogP contribution in [0.2, 0.25) is 0 Å². The number of methoxy groups -OCH3 is 1. The Balaban J connectivity index is 1.75. The molecular weight excluding hydrogens is 154 g/mol. The van der Waals surface area contributed by atoms with Gasteiger partial charge in [0.05, 0.1) is 12.7 Å². The Kier molecular flexibility index (Phi) is 2.35. The van der Waals surface area contributed by atoms with E-state index < -0.39 is 0 Å². The number of ether oxygens (including phenoxy) is 1. The highest BCUT2D eigenvalue weighted by atomic mass is 16.5. The van der Waals surface area contributed by atoms with Gasteiger partial charge in [-0.3, -0.25) is 0 Å². The van der Waals surface area contributed by atoms with Crippen LogP contribution in [0.5, 0.6) is 0 Å². The Hall–Kier alpha value is -0.120. The highest BCUT2D eigenvalue weighted by Crippen LogP contribution is 2.39. The van der Waals surface area contributed by atoms with E-state index in [4.69, 9.17) is 4.74 Å². The Labute approximate surface area is 73.3 Å². The molecule has 70 valence electrons. The first-order valence-corrected chi connectivity index (χ1v) is 4.70. The van der Waals surface area contributed by atoms with Gasteiger partial charge in [-0.25, -0.2) is 0 Å². The van der Waals surface area contributed by atoms with E-state index in [9.17, 15) is 5.11 Å². The lowest BCUT2D eigenvalue weighted by Gasteiger charge is -2.51. The number of aliphatic hydroxyl groups is 1. The Morgan fingerprint density at radius 2 is 2.08 bits per heavy atom. The van der Waals surface area contributed by atoms with Crippen molar-refractivity contribution in [3.63, 3.8) is 0 Å². The normalized spacial score (nSPS) is 41.0. The molecule has 0 aromatic rings. The van der Waals surface area contributed by atoms with E-state index in [2.05, 4.69) is 4.90 Å². The van der Waals surface area contributed by atoms with E-state index in [0.29, 0.717) is 11.8 Å². The van der Waals surface area contributed by atoms with Crippen LogP contribution in [-0.4, -0.2) is 49.5 Å². The summed E-state index contributed by atoms with van der Waals surface area (Å²) in [6.45, 7) is 3.98. The van der Waals surface area contributed by atoms with Crippen molar-refractivity contribution in [3.05, 3.63) is 0 Å². The standard InChI is InChI=1S/C9H17NO2/c1-12-3-2-10-5-7-4-8(6-10)9(7)11/h7-9,11H,2-6H2,1H3. The maximum absolute atomic E-state index is 9.51. The summed E-state index contributed by atoms with van der Waals surface area (Å²) in [5, 5.41) is 9.51. The Morgan fingerprint density at radius 1 is 1.42 bits per heavy atom. The molecule has 2 saturated heterocycles. The van der Waals surface area contributed by atoms with Gasteiger partial charge in [-0.1, -0.05) is 0 Å². The molecule has 12 heavy (non-hydrogen) atoms. The molecule has 3 heteroatoms. The minimum Gasteiger partial charge on any atom is -0.392 e. The molecule has 0 aromatic carbocycles. The lowest BCUT2D eigenvalue weighted by molar-refractivity contribution is -0.110. The molecule has 2 aliphatic heterocycles. The Morgan fingerprint density at radius 3 is 2.58 bits per heavy atom. The van der Waals surface area contributed by atoms with Gasteiger partial charge in [-0.05, 0) is 18.3 Å². The van der Waals surface area contributed by atoms with Gasteiger partial charge in [-0.15, -0.1) is 0 Å². The SMILES string of the molecule is COCCN1CC2CC(C1)C2O. The van der Waals surface area contributed by atoms with E-state index in [-0.39, 0.29) is 6.10 Å². The van der Waals surface area contributed by atoms with Crippen molar-refractivity contribution in [1.29, 1.82) is 0 Å². The monoisotopic (exact) mass is 171 g/mol. The van der Waals surface area contributed by atoms with Gasteiger partial charge in [0.1, 0.15) is 0 Å².